The normalized spacial score (nSPS) is 13.6. The zero-order valence-corrected chi connectivity index (χ0v) is 10.7. The van der Waals surface area contributed by atoms with Crippen molar-refractivity contribution in [1.29, 1.82) is 0 Å². The van der Waals surface area contributed by atoms with E-state index in [9.17, 15) is 0 Å². The third-order valence-electron chi connectivity index (χ3n) is 2.12. The molecular weight excluding hydrogens is 204 g/mol. The predicted molar refractivity (Wildman–Crippen MR) is 62.7 cm³/mol. The minimum atomic E-state index is -0.0141. The minimum Gasteiger partial charge on any atom is -0.471 e. The zero-order valence-electron chi connectivity index (χ0n) is 10.7. The maximum Gasteiger partial charge on any atom is 0.232 e. The molecule has 0 amide bonds. The summed E-state index contributed by atoms with van der Waals surface area (Å²) in [6, 6.07) is 0. The standard InChI is InChI=1S/C12H20N2O2/c1-9(8-15-5)16-11-7-13-10(6-14-11)12(2,3)4/h6-7,9H,8H2,1-5H3/t9-/m0/s1. The number of aromatic nitrogens is 2. The molecule has 0 bridgehead atoms. The molecule has 0 saturated heterocycles. The van der Waals surface area contributed by atoms with Gasteiger partial charge in [-0.3, -0.25) is 4.98 Å². The molecule has 0 aliphatic carbocycles. The summed E-state index contributed by atoms with van der Waals surface area (Å²) >= 11 is 0. The molecule has 0 radical (unpaired) electrons. The highest BCUT2D eigenvalue weighted by atomic mass is 16.5. The van der Waals surface area contributed by atoms with Crippen molar-refractivity contribution in [2.24, 2.45) is 0 Å². The molecular formula is C12H20N2O2. The molecule has 0 spiro atoms. The summed E-state index contributed by atoms with van der Waals surface area (Å²) in [5.41, 5.74) is 0.975. The average Bonchev–Trinajstić information content (AvgIpc) is 2.17. The molecule has 0 N–H and O–H groups in total. The zero-order chi connectivity index (χ0) is 12.2. The minimum absolute atomic E-state index is 0.0141. The molecule has 4 nitrogen and oxygen atoms in total. The van der Waals surface area contributed by atoms with E-state index in [0.29, 0.717) is 12.5 Å². The van der Waals surface area contributed by atoms with Gasteiger partial charge in [0.05, 0.1) is 24.7 Å². The van der Waals surface area contributed by atoms with Crippen LogP contribution in [0.5, 0.6) is 5.88 Å². The first-order valence-corrected chi connectivity index (χ1v) is 5.41. The molecule has 1 aromatic rings. The average molecular weight is 224 g/mol. The summed E-state index contributed by atoms with van der Waals surface area (Å²) in [6.45, 7) is 8.78. The Labute approximate surface area is 97.0 Å². The summed E-state index contributed by atoms with van der Waals surface area (Å²) in [4.78, 5) is 8.56. The van der Waals surface area contributed by atoms with Gasteiger partial charge >= 0.3 is 0 Å². The Morgan fingerprint density at radius 3 is 2.38 bits per heavy atom. The van der Waals surface area contributed by atoms with Gasteiger partial charge in [-0.05, 0) is 6.92 Å². The van der Waals surface area contributed by atoms with Crippen LogP contribution in [0.2, 0.25) is 0 Å². The Morgan fingerprint density at radius 1 is 1.25 bits per heavy atom. The highest BCUT2D eigenvalue weighted by molar-refractivity contribution is 5.13. The first-order valence-electron chi connectivity index (χ1n) is 5.41. The van der Waals surface area contributed by atoms with Crippen molar-refractivity contribution >= 4 is 0 Å². The van der Waals surface area contributed by atoms with Gasteiger partial charge in [-0.1, -0.05) is 20.8 Å². The van der Waals surface area contributed by atoms with Crippen LogP contribution in [-0.4, -0.2) is 29.8 Å². The summed E-state index contributed by atoms with van der Waals surface area (Å²) in [6.07, 6.45) is 3.40. The number of hydrogen-bond acceptors (Lipinski definition) is 4. The molecule has 1 heterocycles. The van der Waals surface area contributed by atoms with E-state index < -0.39 is 0 Å². The maximum atomic E-state index is 5.52. The lowest BCUT2D eigenvalue weighted by Gasteiger charge is -2.18. The van der Waals surface area contributed by atoms with Crippen molar-refractivity contribution in [3.05, 3.63) is 18.1 Å². The van der Waals surface area contributed by atoms with Crippen molar-refractivity contribution in [2.45, 2.75) is 39.2 Å². The largest absolute Gasteiger partial charge is 0.471 e. The van der Waals surface area contributed by atoms with Gasteiger partial charge in [-0.2, -0.15) is 0 Å². The molecule has 0 aliphatic heterocycles. The van der Waals surface area contributed by atoms with E-state index in [1.54, 1.807) is 19.5 Å². The Hall–Kier alpha value is -1.16. The van der Waals surface area contributed by atoms with Crippen molar-refractivity contribution in [3.8, 4) is 5.88 Å². The molecule has 0 fully saturated rings. The van der Waals surface area contributed by atoms with Crippen molar-refractivity contribution in [3.63, 3.8) is 0 Å². The molecule has 16 heavy (non-hydrogen) atoms. The van der Waals surface area contributed by atoms with Gasteiger partial charge in [0.15, 0.2) is 0 Å². The number of methoxy groups -OCH3 is 1. The van der Waals surface area contributed by atoms with E-state index in [0.717, 1.165) is 5.69 Å². The van der Waals surface area contributed by atoms with Crippen molar-refractivity contribution < 1.29 is 9.47 Å². The third-order valence-corrected chi connectivity index (χ3v) is 2.12. The quantitative estimate of drug-likeness (QED) is 0.786. The Balaban J connectivity index is 2.65. The van der Waals surface area contributed by atoms with Crippen LogP contribution in [0, 0.1) is 0 Å². The highest BCUT2D eigenvalue weighted by Gasteiger charge is 2.16. The maximum absolute atomic E-state index is 5.52. The second kappa shape index (κ2) is 5.25. The van der Waals surface area contributed by atoms with E-state index in [2.05, 4.69) is 30.7 Å². The first-order chi connectivity index (χ1) is 7.43. The summed E-state index contributed by atoms with van der Waals surface area (Å²) in [7, 11) is 1.65. The molecule has 0 aliphatic rings. The van der Waals surface area contributed by atoms with Crippen LogP contribution in [-0.2, 0) is 10.2 Å². The molecule has 0 saturated carbocycles. The van der Waals surface area contributed by atoms with Gasteiger partial charge < -0.3 is 9.47 Å². The Kier molecular flexibility index (Phi) is 4.24. The van der Waals surface area contributed by atoms with E-state index in [-0.39, 0.29) is 11.5 Å². The third kappa shape index (κ3) is 3.77. The second-order valence-corrected chi connectivity index (χ2v) is 4.87. The van der Waals surface area contributed by atoms with Crippen LogP contribution in [0.4, 0.5) is 0 Å². The lowest BCUT2D eigenvalue weighted by atomic mass is 9.93. The lowest BCUT2D eigenvalue weighted by molar-refractivity contribution is 0.0886. The smallest absolute Gasteiger partial charge is 0.232 e. The second-order valence-electron chi connectivity index (χ2n) is 4.87. The van der Waals surface area contributed by atoms with Crippen molar-refractivity contribution in [2.75, 3.05) is 13.7 Å². The topological polar surface area (TPSA) is 44.2 Å². The Morgan fingerprint density at radius 2 is 1.94 bits per heavy atom. The Bertz CT molecular complexity index is 317. The molecule has 0 aromatic carbocycles. The molecule has 1 atom stereocenters. The number of nitrogens with zero attached hydrogens (tertiary/aromatic N) is 2. The number of rotatable bonds is 4. The molecule has 0 unspecified atom stereocenters. The number of hydrogen-bond donors (Lipinski definition) is 0. The van der Waals surface area contributed by atoms with Crippen LogP contribution in [0.25, 0.3) is 0 Å². The fourth-order valence-electron chi connectivity index (χ4n) is 1.24. The lowest BCUT2D eigenvalue weighted by Crippen LogP contribution is -2.19. The summed E-state index contributed by atoms with van der Waals surface area (Å²) in [5, 5.41) is 0. The fourth-order valence-corrected chi connectivity index (χ4v) is 1.24. The highest BCUT2D eigenvalue weighted by Crippen LogP contribution is 2.19. The van der Waals surface area contributed by atoms with Gasteiger partial charge in [-0.25, -0.2) is 4.98 Å². The number of ether oxygens (including phenoxy) is 2. The van der Waals surface area contributed by atoms with Gasteiger partial charge in [0.1, 0.15) is 6.10 Å². The molecule has 1 rings (SSSR count). The van der Waals surface area contributed by atoms with Crippen LogP contribution in [0.1, 0.15) is 33.4 Å². The summed E-state index contributed by atoms with van der Waals surface area (Å²) in [5.74, 6) is 0.539. The van der Waals surface area contributed by atoms with E-state index in [1.165, 1.54) is 0 Å². The summed E-state index contributed by atoms with van der Waals surface area (Å²) < 4.78 is 10.5. The fraction of sp³-hybridized carbons (Fsp3) is 0.667. The van der Waals surface area contributed by atoms with Crippen LogP contribution >= 0.6 is 0 Å². The van der Waals surface area contributed by atoms with Crippen LogP contribution in [0.3, 0.4) is 0 Å². The predicted octanol–water partition coefficient (Wildman–Crippen LogP) is 2.19. The van der Waals surface area contributed by atoms with E-state index >= 15 is 0 Å². The SMILES string of the molecule is COC[C@H](C)Oc1cnc(C(C)(C)C)cn1. The van der Waals surface area contributed by atoms with E-state index in [4.69, 9.17) is 9.47 Å². The molecule has 1 aromatic heterocycles. The van der Waals surface area contributed by atoms with Gasteiger partial charge in [-0.15, -0.1) is 0 Å². The van der Waals surface area contributed by atoms with Gasteiger partial charge in [0.25, 0.3) is 0 Å². The van der Waals surface area contributed by atoms with Crippen LogP contribution < -0.4 is 4.74 Å². The molecule has 4 heteroatoms. The van der Waals surface area contributed by atoms with Gasteiger partial charge in [0.2, 0.25) is 5.88 Å². The van der Waals surface area contributed by atoms with E-state index in [1.807, 2.05) is 6.92 Å². The van der Waals surface area contributed by atoms with Gasteiger partial charge in [0, 0.05) is 12.5 Å². The monoisotopic (exact) mass is 224 g/mol. The van der Waals surface area contributed by atoms with Crippen molar-refractivity contribution in [1.82, 2.24) is 9.97 Å². The molecule has 90 valence electrons. The first kappa shape index (κ1) is 12.9. The van der Waals surface area contributed by atoms with Crippen LogP contribution in [0.15, 0.2) is 12.4 Å².